The number of hydrogen-bond donors (Lipinski definition) is 1. The predicted octanol–water partition coefficient (Wildman–Crippen LogP) is 3.98. The largest absolute Gasteiger partial charge is 0.271 e. The van der Waals surface area contributed by atoms with Crippen LogP contribution in [0.3, 0.4) is 0 Å². The van der Waals surface area contributed by atoms with Crippen molar-refractivity contribution in [3.8, 4) is 0 Å². The van der Waals surface area contributed by atoms with E-state index >= 15 is 0 Å². The van der Waals surface area contributed by atoms with Crippen LogP contribution in [0.4, 0.5) is 4.39 Å². The Morgan fingerprint density at radius 2 is 1.76 bits per heavy atom. The van der Waals surface area contributed by atoms with Crippen molar-refractivity contribution in [1.82, 2.24) is 5.43 Å². The maximum absolute atomic E-state index is 12.7. The molecule has 0 heterocycles. The molecule has 0 aromatic heterocycles. The summed E-state index contributed by atoms with van der Waals surface area (Å²) in [4.78, 5) is 11.7. The first-order valence-electron chi connectivity index (χ1n) is 6.16. The summed E-state index contributed by atoms with van der Waals surface area (Å²) < 4.78 is 13.5. The number of carbonyl (C=O) groups is 1. The molecule has 5 heteroatoms. The van der Waals surface area contributed by atoms with Crippen LogP contribution in [0.5, 0.6) is 0 Å². The predicted molar refractivity (Wildman–Crippen MR) is 85.7 cm³/mol. The summed E-state index contributed by atoms with van der Waals surface area (Å²) in [6.07, 6.45) is 3.35. The zero-order valence-electron chi connectivity index (χ0n) is 11.0. The van der Waals surface area contributed by atoms with Crippen molar-refractivity contribution in [1.29, 1.82) is 0 Å². The summed E-state index contributed by atoms with van der Waals surface area (Å²) in [7, 11) is 0. The number of nitrogens with zero attached hydrogens (tertiary/aromatic N) is 1. The smallest absolute Gasteiger partial charge is 0.267 e. The van der Waals surface area contributed by atoms with E-state index < -0.39 is 5.91 Å². The lowest BCUT2D eigenvalue weighted by molar-refractivity contribution is 0.0955. The van der Waals surface area contributed by atoms with Gasteiger partial charge in [0.2, 0.25) is 0 Å². The molecule has 0 fully saturated rings. The van der Waals surface area contributed by atoms with Crippen LogP contribution in [-0.2, 0) is 0 Å². The van der Waals surface area contributed by atoms with Crippen LogP contribution in [-0.4, -0.2) is 12.1 Å². The Labute approximate surface area is 130 Å². The van der Waals surface area contributed by atoms with E-state index in [1.54, 1.807) is 0 Å². The zero-order chi connectivity index (χ0) is 15.1. The number of amides is 1. The van der Waals surface area contributed by atoms with E-state index in [-0.39, 0.29) is 5.82 Å². The fourth-order valence-corrected chi connectivity index (χ4v) is 1.93. The first-order chi connectivity index (χ1) is 10.1. The number of allylic oxidation sites excluding steroid dienone is 1. The Morgan fingerprint density at radius 3 is 2.43 bits per heavy atom. The fourth-order valence-electron chi connectivity index (χ4n) is 1.56. The van der Waals surface area contributed by atoms with E-state index in [1.807, 2.05) is 36.4 Å². The maximum atomic E-state index is 12.7. The van der Waals surface area contributed by atoms with Crippen molar-refractivity contribution in [3.63, 3.8) is 0 Å². The van der Waals surface area contributed by atoms with Gasteiger partial charge in [-0.25, -0.2) is 9.82 Å². The minimum atomic E-state index is -0.397. The highest BCUT2D eigenvalue weighted by Gasteiger charge is 2.03. The van der Waals surface area contributed by atoms with Crippen molar-refractivity contribution in [2.24, 2.45) is 5.10 Å². The molecule has 2 rings (SSSR count). The summed E-state index contributed by atoms with van der Waals surface area (Å²) in [5, 5.41) is 3.83. The molecule has 1 N–H and O–H groups in total. The van der Waals surface area contributed by atoms with Crippen LogP contribution in [0.1, 0.15) is 15.9 Å². The summed E-state index contributed by atoms with van der Waals surface area (Å²) in [6, 6.07) is 14.9. The van der Waals surface area contributed by atoms with Crippen LogP contribution in [0.2, 0.25) is 0 Å². The van der Waals surface area contributed by atoms with Gasteiger partial charge in [-0.3, -0.25) is 4.79 Å². The monoisotopic (exact) mass is 346 g/mol. The van der Waals surface area contributed by atoms with Crippen molar-refractivity contribution in [3.05, 3.63) is 76.0 Å². The van der Waals surface area contributed by atoms with E-state index in [0.29, 0.717) is 10.0 Å². The van der Waals surface area contributed by atoms with Gasteiger partial charge in [-0.05, 0) is 51.8 Å². The average molecular weight is 347 g/mol. The maximum Gasteiger partial charge on any atom is 0.271 e. The number of hydrogen-bond acceptors (Lipinski definition) is 2. The van der Waals surface area contributed by atoms with E-state index in [9.17, 15) is 9.18 Å². The molecule has 0 saturated carbocycles. The average Bonchev–Trinajstić information content (AvgIpc) is 2.49. The summed E-state index contributed by atoms with van der Waals surface area (Å²) in [5.74, 6) is -0.783. The van der Waals surface area contributed by atoms with Gasteiger partial charge < -0.3 is 0 Å². The van der Waals surface area contributed by atoms with Crippen LogP contribution in [0.15, 0.2) is 64.2 Å². The van der Waals surface area contributed by atoms with E-state index in [1.165, 1.54) is 30.5 Å². The molecule has 0 spiro atoms. The van der Waals surface area contributed by atoms with Gasteiger partial charge in [0.1, 0.15) is 5.82 Å². The Kier molecular flexibility index (Phi) is 5.40. The standard InChI is InChI=1S/C16H12BrFN2O/c17-14(10-12-4-2-1-3-5-12)11-19-20-16(21)13-6-8-15(18)9-7-13/h1-11H,(H,20,21)/b14-10-,19-11+. The number of nitrogens with one attached hydrogen (secondary N) is 1. The quantitative estimate of drug-likeness (QED) is 0.660. The molecule has 0 radical (unpaired) electrons. The molecule has 1 amide bonds. The lowest BCUT2D eigenvalue weighted by Gasteiger charge is -1.99. The van der Waals surface area contributed by atoms with Gasteiger partial charge in [-0.15, -0.1) is 0 Å². The van der Waals surface area contributed by atoms with Gasteiger partial charge in [-0.1, -0.05) is 30.3 Å². The molecule has 3 nitrogen and oxygen atoms in total. The minimum Gasteiger partial charge on any atom is -0.267 e. The number of hydrazone groups is 1. The highest BCUT2D eigenvalue weighted by atomic mass is 79.9. The molecular weight excluding hydrogens is 335 g/mol. The molecule has 0 aliphatic rings. The second-order valence-electron chi connectivity index (χ2n) is 4.15. The van der Waals surface area contributed by atoms with Gasteiger partial charge in [0.15, 0.2) is 0 Å². The lowest BCUT2D eigenvalue weighted by atomic mass is 10.2. The molecule has 2 aromatic carbocycles. The van der Waals surface area contributed by atoms with Gasteiger partial charge in [0, 0.05) is 10.0 Å². The second-order valence-corrected chi connectivity index (χ2v) is 5.06. The van der Waals surface area contributed by atoms with Crippen molar-refractivity contribution in [2.75, 3.05) is 0 Å². The number of halogens is 2. The van der Waals surface area contributed by atoms with E-state index in [4.69, 9.17) is 0 Å². The summed E-state index contributed by atoms with van der Waals surface area (Å²) in [5.41, 5.74) is 3.73. The SMILES string of the molecule is O=C(N/N=C/C(Br)=C/c1ccccc1)c1ccc(F)cc1. The van der Waals surface area contributed by atoms with Crippen molar-refractivity contribution < 1.29 is 9.18 Å². The Hall–Kier alpha value is -2.27. The number of rotatable bonds is 4. The third kappa shape index (κ3) is 4.96. The van der Waals surface area contributed by atoms with Crippen LogP contribution < -0.4 is 5.43 Å². The topological polar surface area (TPSA) is 41.5 Å². The fraction of sp³-hybridized carbons (Fsp3) is 0. The molecular formula is C16H12BrFN2O. The molecule has 2 aromatic rings. The van der Waals surface area contributed by atoms with Gasteiger partial charge in [0.05, 0.1) is 6.21 Å². The van der Waals surface area contributed by atoms with E-state index in [2.05, 4.69) is 26.5 Å². The first kappa shape index (κ1) is 15.1. The minimum absolute atomic E-state index is 0.344. The molecule has 0 unspecified atom stereocenters. The molecule has 0 saturated heterocycles. The summed E-state index contributed by atoms with van der Waals surface area (Å²) in [6.45, 7) is 0. The molecule has 0 atom stereocenters. The van der Waals surface area contributed by atoms with Crippen molar-refractivity contribution in [2.45, 2.75) is 0 Å². The Bertz CT molecular complexity index is 666. The van der Waals surface area contributed by atoms with Gasteiger partial charge >= 0.3 is 0 Å². The molecule has 106 valence electrons. The first-order valence-corrected chi connectivity index (χ1v) is 6.95. The normalized spacial score (nSPS) is 11.6. The Balaban J connectivity index is 1.94. The van der Waals surface area contributed by atoms with Crippen LogP contribution in [0, 0.1) is 5.82 Å². The molecule has 21 heavy (non-hydrogen) atoms. The van der Waals surface area contributed by atoms with E-state index in [0.717, 1.165) is 5.56 Å². The Morgan fingerprint density at radius 1 is 1.10 bits per heavy atom. The molecule has 0 aliphatic heterocycles. The van der Waals surface area contributed by atoms with Gasteiger partial charge in [0.25, 0.3) is 5.91 Å². The molecule has 0 aliphatic carbocycles. The highest BCUT2D eigenvalue weighted by Crippen LogP contribution is 2.09. The number of carbonyl (C=O) groups excluding carboxylic acids is 1. The van der Waals surface area contributed by atoms with Crippen LogP contribution >= 0.6 is 15.9 Å². The van der Waals surface area contributed by atoms with Gasteiger partial charge in [-0.2, -0.15) is 5.10 Å². The third-order valence-electron chi connectivity index (χ3n) is 2.56. The van der Waals surface area contributed by atoms with Crippen LogP contribution in [0.25, 0.3) is 6.08 Å². The summed E-state index contributed by atoms with van der Waals surface area (Å²) >= 11 is 3.34. The third-order valence-corrected chi connectivity index (χ3v) is 3.00. The zero-order valence-corrected chi connectivity index (χ0v) is 12.5. The second kappa shape index (κ2) is 7.50. The van der Waals surface area contributed by atoms with Crippen molar-refractivity contribution >= 4 is 34.1 Å². The highest BCUT2D eigenvalue weighted by molar-refractivity contribution is 9.12. The molecule has 0 bridgehead atoms. The number of benzene rings is 2. The lowest BCUT2D eigenvalue weighted by Crippen LogP contribution is -2.17.